The van der Waals surface area contributed by atoms with Crippen LogP contribution in [0.15, 0.2) is 60.8 Å². The Morgan fingerprint density at radius 2 is 1.77 bits per heavy atom. The largest absolute Gasteiger partial charge is 0.507 e. The minimum Gasteiger partial charge on any atom is -0.507 e. The molecule has 0 bridgehead atoms. The first-order valence-corrected chi connectivity index (χ1v) is 7.51. The van der Waals surface area contributed by atoms with Crippen molar-refractivity contribution in [2.75, 3.05) is 5.32 Å². The normalized spacial score (nSPS) is 11.0. The fourth-order valence-electron chi connectivity index (χ4n) is 2.41. The van der Waals surface area contributed by atoms with E-state index in [9.17, 15) is 18.3 Å². The Bertz CT molecular complexity index is 977. The molecule has 0 saturated carbocycles. The van der Waals surface area contributed by atoms with Crippen molar-refractivity contribution < 1.29 is 18.3 Å². The SMILES string of the molecule is N#Cc1cc(-c2cccnc2Nc2ccc(C(F)(F)F)cc2)ccc1O. The summed E-state index contributed by atoms with van der Waals surface area (Å²) in [5.74, 6) is 0.291. The van der Waals surface area contributed by atoms with Gasteiger partial charge in [-0.15, -0.1) is 0 Å². The van der Waals surface area contributed by atoms with Crippen LogP contribution < -0.4 is 5.32 Å². The summed E-state index contributed by atoms with van der Waals surface area (Å²) in [6.07, 6.45) is -2.85. The third-order valence-electron chi connectivity index (χ3n) is 3.71. The molecule has 0 fully saturated rings. The molecule has 0 atom stereocenters. The molecule has 0 aliphatic carbocycles. The van der Waals surface area contributed by atoms with Crippen molar-refractivity contribution in [3.05, 3.63) is 71.9 Å². The number of hydrogen-bond acceptors (Lipinski definition) is 4. The molecule has 7 heteroatoms. The molecule has 0 saturated heterocycles. The molecular weight excluding hydrogens is 343 g/mol. The Kier molecular flexibility index (Phi) is 4.50. The lowest BCUT2D eigenvalue weighted by atomic mass is 10.0. The number of nitriles is 1. The lowest BCUT2D eigenvalue weighted by Gasteiger charge is -2.13. The number of hydrogen-bond donors (Lipinski definition) is 2. The number of nitrogens with zero attached hydrogens (tertiary/aromatic N) is 2. The van der Waals surface area contributed by atoms with Crippen molar-refractivity contribution in [2.45, 2.75) is 6.18 Å². The number of phenolic OH excluding ortho intramolecular Hbond substituents is 1. The van der Waals surface area contributed by atoms with E-state index >= 15 is 0 Å². The summed E-state index contributed by atoms with van der Waals surface area (Å²) in [6, 6.07) is 14.5. The molecule has 4 nitrogen and oxygen atoms in total. The van der Waals surface area contributed by atoms with Crippen LogP contribution in [-0.4, -0.2) is 10.1 Å². The molecule has 1 heterocycles. The quantitative estimate of drug-likeness (QED) is 0.687. The molecule has 0 aliphatic rings. The Morgan fingerprint density at radius 1 is 1.04 bits per heavy atom. The predicted octanol–water partition coefficient (Wildman–Crippen LogP) is 5.09. The van der Waals surface area contributed by atoms with Gasteiger partial charge in [-0.3, -0.25) is 0 Å². The van der Waals surface area contributed by atoms with E-state index in [0.29, 0.717) is 22.6 Å². The fraction of sp³-hybridized carbons (Fsp3) is 0.0526. The number of aromatic hydroxyl groups is 1. The lowest BCUT2D eigenvalue weighted by Crippen LogP contribution is -2.04. The highest BCUT2D eigenvalue weighted by Crippen LogP contribution is 2.33. The van der Waals surface area contributed by atoms with E-state index < -0.39 is 11.7 Å². The average molecular weight is 355 g/mol. The first-order chi connectivity index (χ1) is 12.4. The highest BCUT2D eigenvalue weighted by molar-refractivity contribution is 5.79. The smallest absolute Gasteiger partial charge is 0.416 e. The van der Waals surface area contributed by atoms with Crippen LogP contribution >= 0.6 is 0 Å². The maximum Gasteiger partial charge on any atom is 0.416 e. The molecule has 3 rings (SSSR count). The average Bonchev–Trinajstić information content (AvgIpc) is 2.62. The molecule has 26 heavy (non-hydrogen) atoms. The Hall–Kier alpha value is -3.53. The highest BCUT2D eigenvalue weighted by atomic mass is 19.4. The van der Waals surface area contributed by atoms with E-state index in [0.717, 1.165) is 12.1 Å². The standard InChI is InChI=1S/C19H12F3N3O/c20-19(21,22)14-4-6-15(7-5-14)25-18-16(2-1-9-24-18)12-3-8-17(26)13(10-12)11-23/h1-10,26H,(H,24,25). The molecule has 0 unspecified atom stereocenters. The summed E-state index contributed by atoms with van der Waals surface area (Å²) in [6.45, 7) is 0. The Balaban J connectivity index is 1.94. The first-order valence-electron chi connectivity index (χ1n) is 7.51. The molecule has 130 valence electrons. The van der Waals surface area contributed by atoms with Gasteiger partial charge in [-0.05, 0) is 54.1 Å². The summed E-state index contributed by atoms with van der Waals surface area (Å²) >= 11 is 0. The van der Waals surface area contributed by atoms with Crippen molar-refractivity contribution in [3.8, 4) is 22.9 Å². The summed E-state index contributed by atoms with van der Waals surface area (Å²) < 4.78 is 38.0. The van der Waals surface area contributed by atoms with E-state index in [2.05, 4.69) is 10.3 Å². The van der Waals surface area contributed by atoms with Gasteiger partial charge in [0, 0.05) is 17.4 Å². The Labute approximate surface area is 147 Å². The summed E-state index contributed by atoms with van der Waals surface area (Å²) in [7, 11) is 0. The zero-order chi connectivity index (χ0) is 18.7. The van der Waals surface area contributed by atoms with Crippen LogP contribution in [0.2, 0.25) is 0 Å². The molecule has 3 aromatic rings. The number of alkyl halides is 3. The maximum atomic E-state index is 12.7. The number of phenols is 1. The van der Waals surface area contributed by atoms with Gasteiger partial charge in [0.05, 0.1) is 11.1 Å². The van der Waals surface area contributed by atoms with Gasteiger partial charge in [0.2, 0.25) is 0 Å². The van der Waals surface area contributed by atoms with Crippen molar-refractivity contribution in [1.82, 2.24) is 4.98 Å². The maximum absolute atomic E-state index is 12.7. The van der Waals surface area contributed by atoms with E-state index in [1.165, 1.54) is 24.3 Å². The highest BCUT2D eigenvalue weighted by Gasteiger charge is 2.29. The molecule has 2 N–H and O–H groups in total. The number of pyridine rings is 1. The topological polar surface area (TPSA) is 68.9 Å². The summed E-state index contributed by atoms with van der Waals surface area (Å²) in [5, 5.41) is 21.7. The number of aromatic nitrogens is 1. The molecule has 0 aliphatic heterocycles. The van der Waals surface area contributed by atoms with E-state index in [1.54, 1.807) is 24.4 Å². The van der Waals surface area contributed by atoms with E-state index in [-0.39, 0.29) is 11.3 Å². The molecular formula is C19H12F3N3O. The lowest BCUT2D eigenvalue weighted by molar-refractivity contribution is -0.137. The molecule has 0 radical (unpaired) electrons. The second-order valence-corrected chi connectivity index (χ2v) is 5.44. The van der Waals surface area contributed by atoms with Crippen LogP contribution in [0.5, 0.6) is 5.75 Å². The molecule has 2 aromatic carbocycles. The minimum atomic E-state index is -4.39. The van der Waals surface area contributed by atoms with Crippen molar-refractivity contribution in [3.63, 3.8) is 0 Å². The second-order valence-electron chi connectivity index (χ2n) is 5.44. The zero-order valence-corrected chi connectivity index (χ0v) is 13.2. The van der Waals surface area contributed by atoms with Gasteiger partial charge in [-0.2, -0.15) is 18.4 Å². The van der Waals surface area contributed by atoms with Crippen molar-refractivity contribution >= 4 is 11.5 Å². The van der Waals surface area contributed by atoms with Crippen LogP contribution in [0.25, 0.3) is 11.1 Å². The van der Waals surface area contributed by atoms with Gasteiger partial charge in [0.1, 0.15) is 17.6 Å². The van der Waals surface area contributed by atoms with Crippen molar-refractivity contribution in [2.24, 2.45) is 0 Å². The number of nitrogens with one attached hydrogen (secondary N) is 1. The van der Waals surface area contributed by atoms with Crippen LogP contribution in [0.1, 0.15) is 11.1 Å². The van der Waals surface area contributed by atoms with Gasteiger partial charge in [0.15, 0.2) is 0 Å². The number of rotatable bonds is 3. The third kappa shape index (κ3) is 3.59. The van der Waals surface area contributed by atoms with Gasteiger partial charge >= 0.3 is 6.18 Å². The van der Waals surface area contributed by atoms with Crippen LogP contribution in [0, 0.1) is 11.3 Å². The minimum absolute atomic E-state index is 0.117. The van der Waals surface area contributed by atoms with Crippen molar-refractivity contribution in [1.29, 1.82) is 5.26 Å². The number of halogens is 3. The van der Waals surface area contributed by atoms with Crippen LogP contribution in [0.3, 0.4) is 0 Å². The second kappa shape index (κ2) is 6.76. The van der Waals surface area contributed by atoms with Gasteiger partial charge < -0.3 is 10.4 Å². The summed E-state index contributed by atoms with van der Waals surface area (Å²) in [4.78, 5) is 4.22. The fourth-order valence-corrected chi connectivity index (χ4v) is 2.41. The van der Waals surface area contributed by atoms with Gasteiger partial charge in [-0.25, -0.2) is 4.98 Å². The molecule has 0 spiro atoms. The predicted molar refractivity (Wildman–Crippen MR) is 90.8 cm³/mol. The zero-order valence-electron chi connectivity index (χ0n) is 13.2. The van der Waals surface area contributed by atoms with Gasteiger partial charge in [-0.1, -0.05) is 6.07 Å². The molecule has 1 aromatic heterocycles. The molecule has 0 amide bonds. The third-order valence-corrected chi connectivity index (χ3v) is 3.71. The summed E-state index contributed by atoms with van der Waals surface area (Å²) in [5.41, 5.74) is 1.11. The van der Waals surface area contributed by atoms with Crippen LogP contribution in [0.4, 0.5) is 24.7 Å². The number of anilines is 2. The monoisotopic (exact) mass is 355 g/mol. The van der Waals surface area contributed by atoms with Gasteiger partial charge in [0.25, 0.3) is 0 Å². The number of benzene rings is 2. The van der Waals surface area contributed by atoms with E-state index in [4.69, 9.17) is 5.26 Å². The van der Waals surface area contributed by atoms with E-state index in [1.807, 2.05) is 6.07 Å². The first kappa shape index (κ1) is 17.3. The Morgan fingerprint density at radius 3 is 2.42 bits per heavy atom. The van der Waals surface area contributed by atoms with Crippen LogP contribution in [-0.2, 0) is 6.18 Å².